The average Bonchev–Trinajstić information content (AvgIpc) is 3.12. The monoisotopic (exact) mass is 403 g/mol. The molecule has 1 aliphatic heterocycles. The summed E-state index contributed by atoms with van der Waals surface area (Å²) in [5, 5.41) is 12.2. The van der Waals surface area contributed by atoms with Crippen molar-refractivity contribution in [3.8, 4) is 0 Å². The average molecular weight is 403 g/mol. The summed E-state index contributed by atoms with van der Waals surface area (Å²) >= 11 is 1.65. The number of benzene rings is 2. The lowest BCUT2D eigenvalue weighted by molar-refractivity contribution is -0.387. The van der Waals surface area contributed by atoms with E-state index in [2.05, 4.69) is 4.98 Å². The first-order valence-electron chi connectivity index (χ1n) is 8.56. The highest BCUT2D eigenvalue weighted by molar-refractivity contribution is 7.89. The summed E-state index contributed by atoms with van der Waals surface area (Å²) < 4.78 is 28.3. The van der Waals surface area contributed by atoms with Crippen LogP contribution < -0.4 is 0 Å². The fourth-order valence-electron chi connectivity index (χ4n) is 3.37. The maximum absolute atomic E-state index is 12.9. The number of hydrogen-bond donors (Lipinski definition) is 0. The lowest BCUT2D eigenvalue weighted by atomic mass is 9.99. The Kier molecular flexibility index (Phi) is 4.67. The van der Waals surface area contributed by atoms with Gasteiger partial charge in [0.05, 0.1) is 20.1 Å². The predicted molar refractivity (Wildman–Crippen MR) is 103 cm³/mol. The Morgan fingerprint density at radius 1 is 1.07 bits per heavy atom. The van der Waals surface area contributed by atoms with Gasteiger partial charge in [-0.3, -0.25) is 10.1 Å². The first-order valence-corrected chi connectivity index (χ1v) is 10.8. The number of para-hydroxylation sites is 2. The summed E-state index contributed by atoms with van der Waals surface area (Å²) in [6.45, 7) is 0.657. The van der Waals surface area contributed by atoms with E-state index in [1.54, 1.807) is 11.3 Å². The van der Waals surface area contributed by atoms with Crippen LogP contribution in [0.2, 0.25) is 0 Å². The minimum absolute atomic E-state index is 0.208. The molecule has 0 unspecified atom stereocenters. The molecule has 3 aromatic rings. The zero-order valence-corrected chi connectivity index (χ0v) is 15.9. The van der Waals surface area contributed by atoms with E-state index in [-0.39, 0.29) is 16.5 Å². The minimum Gasteiger partial charge on any atom is -0.258 e. The van der Waals surface area contributed by atoms with Gasteiger partial charge >= 0.3 is 0 Å². The van der Waals surface area contributed by atoms with Crippen LogP contribution in [0.15, 0.2) is 53.4 Å². The van der Waals surface area contributed by atoms with E-state index >= 15 is 0 Å². The van der Waals surface area contributed by atoms with Crippen LogP contribution in [0, 0.1) is 10.1 Å². The maximum atomic E-state index is 12.9. The number of nitrogens with zero attached hydrogens (tertiary/aromatic N) is 3. The summed E-state index contributed by atoms with van der Waals surface area (Å²) in [5.41, 5.74) is 0.582. The van der Waals surface area contributed by atoms with Gasteiger partial charge in [-0.05, 0) is 31.0 Å². The lowest BCUT2D eigenvalue weighted by Crippen LogP contribution is -2.38. The van der Waals surface area contributed by atoms with Crippen LogP contribution in [0.25, 0.3) is 10.2 Å². The summed E-state index contributed by atoms with van der Waals surface area (Å²) in [6, 6.07) is 13.4. The van der Waals surface area contributed by atoms with E-state index in [4.69, 9.17) is 0 Å². The number of sulfonamides is 1. The maximum Gasteiger partial charge on any atom is 0.289 e. The Morgan fingerprint density at radius 2 is 1.74 bits per heavy atom. The van der Waals surface area contributed by atoms with Crippen LogP contribution >= 0.6 is 11.3 Å². The minimum atomic E-state index is -3.89. The Hall–Kier alpha value is -2.36. The SMILES string of the molecule is O=[N+]([O-])c1ccccc1S(=O)(=O)N1CCC(c2nc3ccccc3s2)CC1. The van der Waals surface area contributed by atoms with Crippen LogP contribution in [-0.2, 0) is 10.0 Å². The second kappa shape index (κ2) is 6.99. The van der Waals surface area contributed by atoms with E-state index in [1.807, 2.05) is 24.3 Å². The van der Waals surface area contributed by atoms with E-state index in [9.17, 15) is 18.5 Å². The van der Waals surface area contributed by atoms with Gasteiger partial charge in [-0.25, -0.2) is 13.4 Å². The molecule has 1 fully saturated rings. The molecule has 27 heavy (non-hydrogen) atoms. The molecule has 4 rings (SSSR count). The number of piperidine rings is 1. The summed E-state index contributed by atoms with van der Waals surface area (Å²) in [6.07, 6.45) is 1.30. The number of nitro benzene ring substituents is 1. The molecular weight excluding hydrogens is 386 g/mol. The van der Waals surface area contributed by atoms with Gasteiger partial charge in [-0.1, -0.05) is 24.3 Å². The molecule has 0 amide bonds. The number of aromatic nitrogens is 1. The van der Waals surface area contributed by atoms with E-state index in [1.165, 1.54) is 28.6 Å². The van der Waals surface area contributed by atoms with Crippen molar-refractivity contribution in [2.45, 2.75) is 23.7 Å². The highest BCUT2D eigenvalue weighted by atomic mass is 32.2. The molecule has 1 aromatic heterocycles. The zero-order chi connectivity index (χ0) is 19.0. The molecule has 1 aliphatic rings. The van der Waals surface area contributed by atoms with Gasteiger partial charge in [0.1, 0.15) is 0 Å². The third kappa shape index (κ3) is 3.33. The van der Waals surface area contributed by atoms with Crippen molar-refractivity contribution >= 4 is 37.3 Å². The van der Waals surface area contributed by atoms with Gasteiger partial charge in [0, 0.05) is 25.1 Å². The lowest BCUT2D eigenvalue weighted by Gasteiger charge is -2.30. The Labute approximate surface area is 160 Å². The molecule has 0 N–H and O–H groups in total. The van der Waals surface area contributed by atoms with Gasteiger partial charge < -0.3 is 0 Å². The van der Waals surface area contributed by atoms with Crippen molar-refractivity contribution in [2.24, 2.45) is 0 Å². The summed E-state index contributed by atoms with van der Waals surface area (Å²) in [7, 11) is -3.89. The smallest absolute Gasteiger partial charge is 0.258 e. The van der Waals surface area contributed by atoms with Crippen LogP contribution in [0.4, 0.5) is 5.69 Å². The van der Waals surface area contributed by atoms with E-state index in [0.29, 0.717) is 25.9 Å². The molecule has 140 valence electrons. The fraction of sp³-hybridized carbons (Fsp3) is 0.278. The summed E-state index contributed by atoms with van der Waals surface area (Å²) in [5.74, 6) is 0.208. The van der Waals surface area contributed by atoms with Gasteiger partial charge in [0.15, 0.2) is 4.90 Å². The third-order valence-corrected chi connectivity index (χ3v) is 7.94. The van der Waals surface area contributed by atoms with Crippen LogP contribution in [0.1, 0.15) is 23.8 Å². The standard InChI is InChI=1S/C18H17N3O4S2/c22-21(23)15-6-2-4-8-17(15)27(24,25)20-11-9-13(10-12-20)18-19-14-5-1-3-7-16(14)26-18/h1-8,13H,9-12H2. The summed E-state index contributed by atoms with van der Waals surface area (Å²) in [4.78, 5) is 15.0. The van der Waals surface area contributed by atoms with Gasteiger partial charge in [0.2, 0.25) is 10.0 Å². The first kappa shape index (κ1) is 18.0. The molecule has 0 bridgehead atoms. The van der Waals surface area contributed by atoms with Crippen LogP contribution in [0.3, 0.4) is 0 Å². The van der Waals surface area contributed by atoms with Crippen LogP contribution in [0.5, 0.6) is 0 Å². The first-order chi connectivity index (χ1) is 13.0. The molecule has 0 radical (unpaired) electrons. The van der Waals surface area contributed by atoms with E-state index in [0.717, 1.165) is 15.2 Å². The third-order valence-electron chi connectivity index (χ3n) is 4.79. The molecular formula is C18H17N3O4S2. The predicted octanol–water partition coefficient (Wildman–Crippen LogP) is 3.77. The molecule has 0 saturated carbocycles. The molecule has 0 atom stereocenters. The Bertz CT molecular complexity index is 1070. The number of nitro groups is 1. The highest BCUT2D eigenvalue weighted by Crippen LogP contribution is 2.36. The second-order valence-corrected chi connectivity index (χ2v) is 9.39. The van der Waals surface area contributed by atoms with E-state index < -0.39 is 14.9 Å². The zero-order valence-electron chi connectivity index (χ0n) is 14.3. The number of thiazole rings is 1. The molecule has 2 aromatic carbocycles. The molecule has 2 heterocycles. The largest absolute Gasteiger partial charge is 0.289 e. The molecule has 1 saturated heterocycles. The number of hydrogen-bond acceptors (Lipinski definition) is 6. The highest BCUT2D eigenvalue weighted by Gasteiger charge is 2.34. The van der Waals surface area contributed by atoms with Gasteiger partial charge in [-0.15, -0.1) is 11.3 Å². The second-order valence-electron chi connectivity index (χ2n) is 6.42. The van der Waals surface area contributed by atoms with Crippen molar-refractivity contribution in [1.82, 2.24) is 9.29 Å². The molecule has 9 heteroatoms. The Morgan fingerprint density at radius 3 is 2.44 bits per heavy atom. The topological polar surface area (TPSA) is 93.4 Å². The number of rotatable bonds is 4. The number of fused-ring (bicyclic) bond motifs is 1. The quantitative estimate of drug-likeness (QED) is 0.488. The fourth-order valence-corrected chi connectivity index (χ4v) is 6.14. The molecule has 7 nitrogen and oxygen atoms in total. The van der Waals surface area contributed by atoms with Crippen molar-refractivity contribution < 1.29 is 13.3 Å². The normalized spacial score (nSPS) is 16.6. The molecule has 0 aliphatic carbocycles. The van der Waals surface area contributed by atoms with Crippen molar-refractivity contribution in [3.63, 3.8) is 0 Å². The van der Waals surface area contributed by atoms with Gasteiger partial charge in [0.25, 0.3) is 5.69 Å². The Balaban J connectivity index is 1.54. The van der Waals surface area contributed by atoms with Crippen molar-refractivity contribution in [2.75, 3.05) is 13.1 Å². The molecule has 0 spiro atoms. The van der Waals surface area contributed by atoms with Crippen molar-refractivity contribution in [1.29, 1.82) is 0 Å². The van der Waals surface area contributed by atoms with Crippen LogP contribution in [-0.4, -0.2) is 35.7 Å². The van der Waals surface area contributed by atoms with Crippen molar-refractivity contribution in [3.05, 3.63) is 63.7 Å². The van der Waals surface area contributed by atoms with Gasteiger partial charge in [-0.2, -0.15) is 4.31 Å².